The van der Waals surface area contributed by atoms with Gasteiger partial charge in [-0.25, -0.2) is 0 Å². The van der Waals surface area contributed by atoms with Crippen molar-refractivity contribution in [3.05, 3.63) is 46.5 Å². The van der Waals surface area contributed by atoms with E-state index in [2.05, 4.69) is 4.90 Å². The molecule has 0 unspecified atom stereocenters. The van der Waals surface area contributed by atoms with E-state index in [1.165, 1.54) is 0 Å². The molecule has 5 rings (SSSR count). The lowest BCUT2D eigenvalue weighted by atomic mass is 9.82. The maximum Gasteiger partial charge on any atom is 0.231 e. The highest BCUT2D eigenvalue weighted by Gasteiger charge is 2.60. The van der Waals surface area contributed by atoms with E-state index in [1.54, 1.807) is 33.5 Å². The molecule has 0 aromatic heterocycles. The van der Waals surface area contributed by atoms with Gasteiger partial charge < -0.3 is 23.7 Å². The Hall–Kier alpha value is -2.77. The first-order valence-electron chi connectivity index (χ1n) is 9.54. The van der Waals surface area contributed by atoms with Crippen LogP contribution in [0.1, 0.15) is 33.1 Å². The van der Waals surface area contributed by atoms with Crippen molar-refractivity contribution in [1.29, 1.82) is 0 Å². The summed E-state index contributed by atoms with van der Waals surface area (Å²) in [5, 5.41) is 0. The van der Waals surface area contributed by atoms with Crippen molar-refractivity contribution in [2.75, 3.05) is 41.7 Å². The number of ketones is 1. The van der Waals surface area contributed by atoms with Gasteiger partial charge in [-0.2, -0.15) is 0 Å². The van der Waals surface area contributed by atoms with Crippen LogP contribution in [0, 0.1) is 0 Å². The van der Waals surface area contributed by atoms with Gasteiger partial charge in [0.15, 0.2) is 28.6 Å². The van der Waals surface area contributed by atoms with Gasteiger partial charge in [0.25, 0.3) is 0 Å². The quantitative estimate of drug-likeness (QED) is 0.789. The lowest BCUT2D eigenvalue weighted by molar-refractivity contribution is -0.0453. The van der Waals surface area contributed by atoms with Crippen molar-refractivity contribution >= 4 is 5.78 Å². The predicted octanol–water partition coefficient (Wildman–Crippen LogP) is 2.70. The van der Waals surface area contributed by atoms with Gasteiger partial charge in [0.1, 0.15) is 0 Å². The largest absolute Gasteiger partial charge is 0.493 e. The molecule has 2 atom stereocenters. The standard InChI is InChI=1S/C22H23NO6/c1-23-8-7-12-9-16-17(29-11-28-16)10-14(12)22(27-4)20(23)18-13(21(22)24)5-6-15(25-2)19(18)26-3/h5-6,9-10,20H,7-8,11H2,1-4H3/t20-,22+/m0/s1. The second kappa shape index (κ2) is 6.37. The second-order valence-corrected chi connectivity index (χ2v) is 7.53. The fourth-order valence-electron chi connectivity index (χ4n) is 5.02. The average molecular weight is 397 g/mol. The summed E-state index contributed by atoms with van der Waals surface area (Å²) in [6.07, 6.45) is 0.763. The zero-order valence-electron chi connectivity index (χ0n) is 16.9. The Morgan fingerprint density at radius 3 is 2.55 bits per heavy atom. The number of methoxy groups -OCH3 is 3. The van der Waals surface area contributed by atoms with Gasteiger partial charge in [-0.3, -0.25) is 9.69 Å². The number of ether oxygens (including phenoxy) is 5. The lowest BCUT2D eigenvalue weighted by Gasteiger charge is -2.37. The maximum absolute atomic E-state index is 13.9. The summed E-state index contributed by atoms with van der Waals surface area (Å²) in [4.78, 5) is 16.0. The SMILES string of the molecule is COc1ccc2c(c1OC)[C@@H]1N(C)CCc3cc4c(cc3[C@]1(OC)C2=O)OCO4. The highest BCUT2D eigenvalue weighted by atomic mass is 16.7. The van der Waals surface area contributed by atoms with Crippen LogP contribution in [0.2, 0.25) is 0 Å². The number of carbonyl (C=O) groups is 1. The molecule has 0 bridgehead atoms. The van der Waals surface area contributed by atoms with Gasteiger partial charge in [-0.1, -0.05) is 0 Å². The average Bonchev–Trinajstić information content (AvgIpc) is 3.27. The zero-order valence-corrected chi connectivity index (χ0v) is 16.9. The molecule has 2 aromatic carbocycles. The Balaban J connectivity index is 1.82. The van der Waals surface area contributed by atoms with Crippen LogP contribution >= 0.6 is 0 Å². The first-order chi connectivity index (χ1) is 14.1. The number of rotatable bonds is 3. The molecule has 29 heavy (non-hydrogen) atoms. The van der Waals surface area contributed by atoms with Crippen molar-refractivity contribution in [3.63, 3.8) is 0 Å². The lowest BCUT2D eigenvalue weighted by Crippen LogP contribution is -2.44. The van der Waals surface area contributed by atoms with E-state index < -0.39 is 5.60 Å². The molecule has 0 fully saturated rings. The van der Waals surface area contributed by atoms with Crippen LogP contribution in [0.5, 0.6) is 23.0 Å². The van der Waals surface area contributed by atoms with Crippen molar-refractivity contribution in [2.24, 2.45) is 0 Å². The number of hydrogen-bond acceptors (Lipinski definition) is 7. The molecule has 152 valence electrons. The monoisotopic (exact) mass is 397 g/mol. The van der Waals surface area contributed by atoms with Crippen molar-refractivity contribution in [2.45, 2.75) is 18.1 Å². The van der Waals surface area contributed by atoms with Crippen LogP contribution in [0.25, 0.3) is 0 Å². The molecule has 0 radical (unpaired) electrons. The number of likely N-dealkylation sites (N-methyl/N-ethyl adjacent to an activating group) is 1. The Bertz CT molecular complexity index is 1020. The van der Waals surface area contributed by atoms with Gasteiger partial charge in [-0.15, -0.1) is 0 Å². The molecular formula is C22H23NO6. The third-order valence-electron chi connectivity index (χ3n) is 6.32. The van der Waals surface area contributed by atoms with Gasteiger partial charge in [0, 0.05) is 30.3 Å². The molecule has 0 amide bonds. The number of fused-ring (bicyclic) bond motifs is 6. The maximum atomic E-state index is 13.9. The van der Waals surface area contributed by atoms with Gasteiger partial charge in [0.05, 0.1) is 20.3 Å². The summed E-state index contributed by atoms with van der Waals surface area (Å²) >= 11 is 0. The van der Waals surface area contributed by atoms with Crippen molar-refractivity contribution < 1.29 is 28.5 Å². The molecule has 0 spiro atoms. The molecule has 2 heterocycles. The molecule has 2 aromatic rings. The predicted molar refractivity (Wildman–Crippen MR) is 104 cm³/mol. The number of benzene rings is 2. The Labute approximate surface area is 169 Å². The highest BCUT2D eigenvalue weighted by Crippen LogP contribution is 2.58. The third-order valence-corrected chi connectivity index (χ3v) is 6.32. The fraction of sp³-hybridized carbons (Fsp3) is 0.409. The van der Waals surface area contributed by atoms with E-state index >= 15 is 0 Å². The Kier molecular flexibility index (Phi) is 4.01. The van der Waals surface area contributed by atoms with Gasteiger partial charge in [-0.05, 0) is 43.3 Å². The molecule has 1 aliphatic carbocycles. The Morgan fingerprint density at radius 2 is 1.86 bits per heavy atom. The van der Waals surface area contributed by atoms with Crippen LogP contribution in [-0.2, 0) is 16.8 Å². The zero-order chi connectivity index (χ0) is 20.3. The van der Waals surface area contributed by atoms with E-state index in [0.29, 0.717) is 28.6 Å². The van der Waals surface area contributed by atoms with Gasteiger partial charge >= 0.3 is 0 Å². The third kappa shape index (κ3) is 2.22. The van der Waals surface area contributed by atoms with Crippen LogP contribution < -0.4 is 18.9 Å². The summed E-state index contributed by atoms with van der Waals surface area (Å²) in [5.41, 5.74) is 2.03. The second-order valence-electron chi connectivity index (χ2n) is 7.53. The number of Topliss-reactive ketones (excluding diaryl/α,β-unsaturated/α-hetero) is 1. The molecule has 7 nitrogen and oxygen atoms in total. The van der Waals surface area contributed by atoms with Gasteiger partial charge in [0.2, 0.25) is 12.6 Å². The molecule has 2 aliphatic heterocycles. The summed E-state index contributed by atoms with van der Waals surface area (Å²) in [6, 6.07) is 7.09. The molecule has 0 saturated carbocycles. The fourth-order valence-corrected chi connectivity index (χ4v) is 5.02. The number of carbonyl (C=O) groups excluding carboxylic acids is 1. The van der Waals surface area contributed by atoms with Crippen LogP contribution in [0.4, 0.5) is 0 Å². The van der Waals surface area contributed by atoms with E-state index in [4.69, 9.17) is 23.7 Å². The van der Waals surface area contributed by atoms with Crippen molar-refractivity contribution in [3.8, 4) is 23.0 Å². The molecule has 0 saturated heterocycles. The minimum Gasteiger partial charge on any atom is -0.493 e. The number of nitrogens with zero attached hydrogens (tertiary/aromatic N) is 1. The topological polar surface area (TPSA) is 66.5 Å². The van der Waals surface area contributed by atoms with Crippen molar-refractivity contribution in [1.82, 2.24) is 4.90 Å². The van der Waals surface area contributed by atoms with E-state index in [-0.39, 0.29) is 18.6 Å². The number of hydrogen-bond donors (Lipinski definition) is 0. The van der Waals surface area contributed by atoms with Crippen LogP contribution in [0.3, 0.4) is 0 Å². The van der Waals surface area contributed by atoms with E-state index in [0.717, 1.165) is 29.7 Å². The molecular weight excluding hydrogens is 374 g/mol. The smallest absolute Gasteiger partial charge is 0.231 e. The summed E-state index contributed by atoms with van der Waals surface area (Å²) in [7, 11) is 6.79. The summed E-state index contributed by atoms with van der Waals surface area (Å²) < 4.78 is 28.5. The first kappa shape index (κ1) is 18.3. The minimum atomic E-state index is -1.20. The minimum absolute atomic E-state index is 0.0881. The molecule has 3 aliphatic rings. The van der Waals surface area contributed by atoms with Crippen LogP contribution in [-0.4, -0.2) is 52.4 Å². The van der Waals surface area contributed by atoms with E-state index in [9.17, 15) is 4.79 Å². The normalized spacial score (nSPS) is 24.6. The summed E-state index contributed by atoms with van der Waals surface area (Å²) in [5.74, 6) is 2.41. The first-order valence-corrected chi connectivity index (χ1v) is 9.54. The molecule has 0 N–H and O–H groups in total. The highest BCUT2D eigenvalue weighted by molar-refractivity contribution is 6.09. The summed E-state index contributed by atoms with van der Waals surface area (Å²) in [6.45, 7) is 0.927. The van der Waals surface area contributed by atoms with E-state index in [1.807, 2.05) is 19.2 Å². The Morgan fingerprint density at radius 1 is 1.10 bits per heavy atom. The van der Waals surface area contributed by atoms with Crippen LogP contribution in [0.15, 0.2) is 24.3 Å². The molecule has 7 heteroatoms.